The minimum Gasteiger partial charge on any atom is -0.335 e. The first kappa shape index (κ1) is 20.1. The lowest BCUT2D eigenvalue weighted by molar-refractivity contribution is 0.0742. The first-order valence-electron chi connectivity index (χ1n) is 9.69. The summed E-state index contributed by atoms with van der Waals surface area (Å²) < 4.78 is 27.2. The Morgan fingerprint density at radius 1 is 1.07 bits per heavy atom. The van der Waals surface area contributed by atoms with Crippen molar-refractivity contribution in [3.63, 3.8) is 0 Å². The molecule has 156 valence electrons. The number of carbonyl (C=O) groups excluding carboxylic acids is 1. The Labute approximate surface area is 175 Å². The zero-order chi connectivity index (χ0) is 21.3. The van der Waals surface area contributed by atoms with Gasteiger partial charge in [-0.05, 0) is 55.3 Å². The van der Waals surface area contributed by atoms with E-state index < -0.39 is 10.0 Å². The molecule has 1 atom stereocenters. The lowest BCUT2D eigenvalue weighted by Gasteiger charge is -2.26. The molecule has 1 unspecified atom stereocenters. The van der Waals surface area contributed by atoms with Crippen LogP contribution in [0.25, 0.3) is 5.69 Å². The molecule has 1 aromatic heterocycles. The molecular weight excluding hydrogens is 402 g/mol. The molecule has 4 rings (SSSR count). The quantitative estimate of drug-likeness (QED) is 0.627. The van der Waals surface area contributed by atoms with Crippen LogP contribution in [0.3, 0.4) is 0 Å². The van der Waals surface area contributed by atoms with Gasteiger partial charge in [0, 0.05) is 19.2 Å². The van der Waals surface area contributed by atoms with E-state index in [1.165, 1.54) is 10.6 Å². The third kappa shape index (κ3) is 3.80. The van der Waals surface area contributed by atoms with Crippen molar-refractivity contribution < 1.29 is 13.2 Å². The average Bonchev–Trinajstić information content (AvgIpc) is 3.42. The van der Waals surface area contributed by atoms with E-state index in [0.717, 1.165) is 11.3 Å². The summed E-state index contributed by atoms with van der Waals surface area (Å²) in [6.07, 6.45) is 3.73. The molecule has 1 aliphatic rings. The van der Waals surface area contributed by atoms with Crippen LogP contribution in [0.2, 0.25) is 0 Å². The molecule has 9 heteroatoms. The molecule has 2 aromatic carbocycles. The number of nitrogens with zero attached hydrogens (tertiary/aromatic N) is 5. The van der Waals surface area contributed by atoms with Gasteiger partial charge in [-0.25, -0.2) is 18.1 Å². The molecule has 30 heavy (non-hydrogen) atoms. The van der Waals surface area contributed by atoms with E-state index in [1.807, 2.05) is 31.2 Å². The third-order valence-electron chi connectivity index (χ3n) is 5.46. The predicted molar refractivity (Wildman–Crippen MR) is 114 cm³/mol. The maximum absolute atomic E-state index is 12.9. The monoisotopic (exact) mass is 425 g/mol. The highest BCUT2D eigenvalue weighted by Gasteiger charge is 2.28. The van der Waals surface area contributed by atoms with E-state index in [1.54, 1.807) is 47.2 Å². The van der Waals surface area contributed by atoms with E-state index in [4.69, 9.17) is 0 Å². The minimum absolute atomic E-state index is 0.126. The van der Waals surface area contributed by atoms with Crippen LogP contribution in [0.4, 0.5) is 5.69 Å². The van der Waals surface area contributed by atoms with E-state index in [9.17, 15) is 13.2 Å². The van der Waals surface area contributed by atoms with Gasteiger partial charge < -0.3 is 4.90 Å². The van der Waals surface area contributed by atoms with Crippen LogP contribution in [0, 0.1) is 0 Å². The molecule has 1 saturated heterocycles. The highest BCUT2D eigenvalue weighted by Crippen LogP contribution is 2.26. The number of benzene rings is 2. The number of amides is 1. The van der Waals surface area contributed by atoms with Gasteiger partial charge in [-0.3, -0.25) is 9.10 Å². The summed E-state index contributed by atoms with van der Waals surface area (Å²) in [5.74, 6) is 0.0441. The molecule has 3 aromatic rings. The number of carbonyl (C=O) groups is 1. The van der Waals surface area contributed by atoms with Crippen molar-refractivity contribution >= 4 is 21.6 Å². The Balaban J connectivity index is 1.47. The van der Waals surface area contributed by atoms with Crippen LogP contribution < -0.4 is 4.31 Å². The molecule has 0 spiro atoms. The molecular formula is C21H23N5O3S. The van der Waals surface area contributed by atoms with Gasteiger partial charge in [0.15, 0.2) is 0 Å². The number of hydrogen-bond acceptors (Lipinski definition) is 5. The second-order valence-corrected chi connectivity index (χ2v) is 9.33. The molecule has 0 radical (unpaired) electrons. The first-order chi connectivity index (χ1) is 14.4. The Bertz CT molecular complexity index is 1130. The van der Waals surface area contributed by atoms with Gasteiger partial charge in [-0.1, -0.05) is 12.1 Å². The standard InChI is InChI=1S/C21H23N5O3S/c1-16(17-4-8-19(9-5-17)25-15-22-14-23-25)24(2)21(27)18-6-10-20(11-7-18)26-12-3-13-30(26,28)29/h4-11,14-16H,3,12-13H2,1-2H3. The van der Waals surface area contributed by atoms with Crippen molar-refractivity contribution in [1.29, 1.82) is 0 Å². The van der Waals surface area contributed by atoms with Gasteiger partial charge in [-0.15, -0.1) is 0 Å². The van der Waals surface area contributed by atoms with Crippen LogP contribution in [-0.2, 0) is 10.0 Å². The number of hydrogen-bond donors (Lipinski definition) is 0. The minimum atomic E-state index is -3.23. The molecule has 1 fully saturated rings. The van der Waals surface area contributed by atoms with E-state index in [-0.39, 0.29) is 17.7 Å². The first-order valence-corrected chi connectivity index (χ1v) is 11.3. The van der Waals surface area contributed by atoms with Crippen molar-refractivity contribution in [3.05, 3.63) is 72.3 Å². The maximum Gasteiger partial charge on any atom is 0.254 e. The van der Waals surface area contributed by atoms with Crippen molar-refractivity contribution in [2.75, 3.05) is 23.7 Å². The molecule has 2 heterocycles. The van der Waals surface area contributed by atoms with Crippen LogP contribution in [0.15, 0.2) is 61.2 Å². The topological polar surface area (TPSA) is 88.4 Å². The lowest BCUT2D eigenvalue weighted by Crippen LogP contribution is -2.30. The summed E-state index contributed by atoms with van der Waals surface area (Å²) >= 11 is 0. The van der Waals surface area contributed by atoms with Crippen molar-refractivity contribution in [2.24, 2.45) is 0 Å². The Kier molecular flexibility index (Phi) is 5.29. The SMILES string of the molecule is CC(c1ccc(-n2cncn2)cc1)N(C)C(=O)c1ccc(N2CCCS2(=O)=O)cc1. The number of sulfonamides is 1. The maximum atomic E-state index is 12.9. The van der Waals surface area contributed by atoms with Gasteiger partial charge in [0.05, 0.1) is 23.2 Å². The molecule has 8 nitrogen and oxygen atoms in total. The summed E-state index contributed by atoms with van der Waals surface area (Å²) in [5, 5.41) is 4.11. The molecule has 0 aliphatic carbocycles. The van der Waals surface area contributed by atoms with E-state index in [0.29, 0.717) is 24.2 Å². The summed E-state index contributed by atoms with van der Waals surface area (Å²) in [6.45, 7) is 2.45. The fourth-order valence-electron chi connectivity index (χ4n) is 3.55. The summed E-state index contributed by atoms with van der Waals surface area (Å²) in [5.41, 5.74) is 3.01. The van der Waals surface area contributed by atoms with Gasteiger partial charge >= 0.3 is 0 Å². The summed E-state index contributed by atoms with van der Waals surface area (Å²) in [7, 11) is -1.47. The average molecular weight is 426 g/mol. The largest absolute Gasteiger partial charge is 0.335 e. The second-order valence-electron chi connectivity index (χ2n) is 7.31. The highest BCUT2D eigenvalue weighted by molar-refractivity contribution is 7.93. The van der Waals surface area contributed by atoms with Gasteiger partial charge in [0.25, 0.3) is 5.91 Å². The van der Waals surface area contributed by atoms with Gasteiger partial charge in [-0.2, -0.15) is 5.10 Å². The number of anilines is 1. The Morgan fingerprint density at radius 2 is 1.73 bits per heavy atom. The van der Waals surface area contributed by atoms with Crippen molar-refractivity contribution in [3.8, 4) is 5.69 Å². The van der Waals surface area contributed by atoms with Crippen molar-refractivity contribution in [1.82, 2.24) is 19.7 Å². The van der Waals surface area contributed by atoms with Gasteiger partial charge in [0.1, 0.15) is 12.7 Å². The van der Waals surface area contributed by atoms with E-state index >= 15 is 0 Å². The fraction of sp³-hybridized carbons (Fsp3) is 0.286. The molecule has 0 bridgehead atoms. The predicted octanol–water partition coefficient (Wildman–Crippen LogP) is 2.64. The molecule has 0 saturated carbocycles. The normalized spacial score (nSPS) is 16.4. The molecule has 1 aliphatic heterocycles. The summed E-state index contributed by atoms with van der Waals surface area (Å²) in [6, 6.07) is 14.4. The van der Waals surface area contributed by atoms with Crippen LogP contribution in [-0.4, -0.2) is 53.3 Å². The summed E-state index contributed by atoms with van der Waals surface area (Å²) in [4.78, 5) is 18.6. The van der Waals surface area contributed by atoms with E-state index in [2.05, 4.69) is 10.1 Å². The lowest BCUT2D eigenvalue weighted by atomic mass is 10.1. The zero-order valence-corrected chi connectivity index (χ0v) is 17.7. The fourth-order valence-corrected chi connectivity index (χ4v) is 5.11. The smallest absolute Gasteiger partial charge is 0.254 e. The molecule has 1 amide bonds. The van der Waals surface area contributed by atoms with Crippen molar-refractivity contribution in [2.45, 2.75) is 19.4 Å². The second kappa shape index (κ2) is 7.91. The zero-order valence-electron chi connectivity index (χ0n) is 16.8. The number of rotatable bonds is 5. The van der Waals surface area contributed by atoms with Gasteiger partial charge in [0.2, 0.25) is 10.0 Å². The Hall–Kier alpha value is -3.20. The highest BCUT2D eigenvalue weighted by atomic mass is 32.2. The van der Waals surface area contributed by atoms with Crippen LogP contribution >= 0.6 is 0 Å². The Morgan fingerprint density at radius 3 is 2.30 bits per heavy atom. The van der Waals surface area contributed by atoms with Crippen LogP contribution in [0.1, 0.15) is 35.3 Å². The third-order valence-corrected chi connectivity index (χ3v) is 7.33. The van der Waals surface area contributed by atoms with Crippen LogP contribution in [0.5, 0.6) is 0 Å². The molecule has 0 N–H and O–H groups in total. The number of aromatic nitrogens is 3.